The molecule has 28 heavy (non-hydrogen) atoms. The summed E-state index contributed by atoms with van der Waals surface area (Å²) in [6, 6.07) is 14.7. The molecule has 3 amide bonds. The van der Waals surface area contributed by atoms with E-state index in [0.29, 0.717) is 30.5 Å². The Balaban J connectivity index is 1.74. The van der Waals surface area contributed by atoms with E-state index in [1.807, 2.05) is 50.2 Å². The van der Waals surface area contributed by atoms with Gasteiger partial charge in [-0.3, -0.25) is 19.7 Å². The summed E-state index contributed by atoms with van der Waals surface area (Å²) in [7, 11) is 3.89. The van der Waals surface area contributed by atoms with E-state index in [1.165, 1.54) is 0 Å². The highest BCUT2D eigenvalue weighted by Gasteiger charge is 2.42. The van der Waals surface area contributed by atoms with Crippen LogP contribution < -0.4 is 15.5 Å². The number of anilines is 2. The number of amides is 3. The minimum atomic E-state index is -0.696. The molecule has 1 unspecified atom stereocenters. The minimum Gasteiger partial charge on any atom is -0.378 e. The molecule has 1 heterocycles. The van der Waals surface area contributed by atoms with Crippen LogP contribution in [0.5, 0.6) is 0 Å². The van der Waals surface area contributed by atoms with Crippen molar-refractivity contribution in [2.75, 3.05) is 24.3 Å². The van der Waals surface area contributed by atoms with Crippen molar-refractivity contribution in [2.24, 2.45) is 0 Å². The zero-order valence-electron chi connectivity index (χ0n) is 16.4. The standard InChI is InChI=1S/C22H25N3O3/c1-4-22(14-13-19(26)24-21(22)28)16-7-9-17(10-8-16)23-20(27)15-5-11-18(12-6-15)25(2)3/h5-12H,4,13-14H2,1-3H3,(H,23,27)(H,24,26,28). The van der Waals surface area contributed by atoms with Gasteiger partial charge < -0.3 is 10.2 Å². The Morgan fingerprint density at radius 3 is 2.25 bits per heavy atom. The number of rotatable bonds is 5. The molecule has 6 heteroatoms. The van der Waals surface area contributed by atoms with E-state index >= 15 is 0 Å². The third-order valence-corrected chi connectivity index (χ3v) is 5.41. The number of nitrogens with zero attached hydrogens (tertiary/aromatic N) is 1. The average molecular weight is 379 g/mol. The van der Waals surface area contributed by atoms with Crippen molar-refractivity contribution < 1.29 is 14.4 Å². The second kappa shape index (κ2) is 7.84. The Labute approximate surface area is 164 Å². The van der Waals surface area contributed by atoms with Gasteiger partial charge in [0, 0.05) is 37.5 Å². The highest BCUT2D eigenvalue weighted by Crippen LogP contribution is 2.36. The number of nitrogens with one attached hydrogen (secondary N) is 2. The molecule has 1 aliphatic rings. The predicted molar refractivity (Wildman–Crippen MR) is 110 cm³/mol. The van der Waals surface area contributed by atoms with Crippen LogP contribution in [-0.2, 0) is 15.0 Å². The summed E-state index contributed by atoms with van der Waals surface area (Å²) in [5.41, 5.74) is 2.41. The summed E-state index contributed by atoms with van der Waals surface area (Å²) in [6.45, 7) is 1.95. The fraction of sp³-hybridized carbons (Fsp3) is 0.318. The molecule has 1 atom stereocenters. The van der Waals surface area contributed by atoms with Gasteiger partial charge in [0.25, 0.3) is 5.91 Å². The van der Waals surface area contributed by atoms with Crippen molar-refractivity contribution in [2.45, 2.75) is 31.6 Å². The van der Waals surface area contributed by atoms with Gasteiger partial charge >= 0.3 is 0 Å². The van der Waals surface area contributed by atoms with Crippen LogP contribution in [0, 0.1) is 0 Å². The third kappa shape index (κ3) is 3.76. The molecule has 2 aromatic carbocycles. The molecule has 1 aliphatic heterocycles. The van der Waals surface area contributed by atoms with E-state index in [4.69, 9.17) is 0 Å². The van der Waals surface area contributed by atoms with Gasteiger partial charge in [0.15, 0.2) is 0 Å². The molecule has 0 aromatic heterocycles. The lowest BCUT2D eigenvalue weighted by Gasteiger charge is -2.35. The first kappa shape index (κ1) is 19.6. The first-order valence-corrected chi connectivity index (χ1v) is 9.39. The molecule has 2 N–H and O–H groups in total. The monoisotopic (exact) mass is 379 g/mol. The van der Waals surface area contributed by atoms with Crippen molar-refractivity contribution in [3.8, 4) is 0 Å². The number of carbonyl (C=O) groups excluding carboxylic acids is 3. The SMILES string of the molecule is CCC1(c2ccc(NC(=O)c3ccc(N(C)C)cc3)cc2)CCC(=O)NC1=O. The number of carbonyl (C=O) groups is 3. The first-order chi connectivity index (χ1) is 13.4. The molecular weight excluding hydrogens is 354 g/mol. The number of piperidine rings is 1. The Hall–Kier alpha value is -3.15. The van der Waals surface area contributed by atoms with E-state index < -0.39 is 5.41 Å². The number of hydrogen-bond acceptors (Lipinski definition) is 4. The molecule has 0 saturated carbocycles. The van der Waals surface area contributed by atoms with Gasteiger partial charge in [0.05, 0.1) is 5.41 Å². The third-order valence-electron chi connectivity index (χ3n) is 5.41. The lowest BCUT2D eigenvalue weighted by atomic mass is 9.72. The summed E-state index contributed by atoms with van der Waals surface area (Å²) in [5, 5.41) is 5.33. The van der Waals surface area contributed by atoms with E-state index in [2.05, 4.69) is 10.6 Å². The normalized spacial score (nSPS) is 19.1. The molecule has 146 valence electrons. The van der Waals surface area contributed by atoms with Crippen LogP contribution in [0.4, 0.5) is 11.4 Å². The molecule has 1 fully saturated rings. The van der Waals surface area contributed by atoms with Gasteiger partial charge in [-0.05, 0) is 54.8 Å². The van der Waals surface area contributed by atoms with Crippen LogP contribution in [0.25, 0.3) is 0 Å². The van der Waals surface area contributed by atoms with Crippen LogP contribution in [0.2, 0.25) is 0 Å². The fourth-order valence-electron chi connectivity index (χ4n) is 3.55. The summed E-state index contributed by atoms with van der Waals surface area (Å²) in [4.78, 5) is 38.4. The quantitative estimate of drug-likeness (QED) is 0.783. The number of benzene rings is 2. The molecular formula is C22H25N3O3. The summed E-state index contributed by atoms with van der Waals surface area (Å²) in [6.07, 6.45) is 1.44. The largest absolute Gasteiger partial charge is 0.378 e. The van der Waals surface area contributed by atoms with Gasteiger partial charge in [0.2, 0.25) is 11.8 Å². The molecule has 6 nitrogen and oxygen atoms in total. The Morgan fingerprint density at radius 2 is 1.71 bits per heavy atom. The second-order valence-corrected chi connectivity index (χ2v) is 7.29. The molecule has 0 bridgehead atoms. The lowest BCUT2D eigenvalue weighted by molar-refractivity contribution is -0.138. The van der Waals surface area contributed by atoms with E-state index in [1.54, 1.807) is 24.3 Å². The van der Waals surface area contributed by atoms with Gasteiger partial charge in [-0.2, -0.15) is 0 Å². The minimum absolute atomic E-state index is 0.190. The highest BCUT2D eigenvalue weighted by molar-refractivity contribution is 6.05. The van der Waals surface area contributed by atoms with Crippen LogP contribution in [-0.4, -0.2) is 31.8 Å². The summed E-state index contributed by atoms with van der Waals surface area (Å²) in [5.74, 6) is -0.661. The Bertz CT molecular complexity index is 888. The van der Waals surface area contributed by atoms with Crippen molar-refractivity contribution in [1.82, 2.24) is 5.32 Å². The Morgan fingerprint density at radius 1 is 1.07 bits per heavy atom. The first-order valence-electron chi connectivity index (χ1n) is 9.39. The highest BCUT2D eigenvalue weighted by atomic mass is 16.2. The Kier molecular flexibility index (Phi) is 5.49. The van der Waals surface area contributed by atoms with Crippen molar-refractivity contribution >= 4 is 29.1 Å². The fourth-order valence-corrected chi connectivity index (χ4v) is 3.55. The summed E-state index contributed by atoms with van der Waals surface area (Å²) >= 11 is 0. The van der Waals surface area contributed by atoms with Gasteiger partial charge in [-0.25, -0.2) is 0 Å². The van der Waals surface area contributed by atoms with Gasteiger partial charge in [0.1, 0.15) is 0 Å². The zero-order chi connectivity index (χ0) is 20.3. The van der Waals surface area contributed by atoms with E-state index in [-0.39, 0.29) is 17.7 Å². The summed E-state index contributed by atoms with van der Waals surface area (Å²) < 4.78 is 0. The molecule has 0 spiro atoms. The smallest absolute Gasteiger partial charge is 0.255 e. The lowest BCUT2D eigenvalue weighted by Crippen LogP contribution is -2.51. The van der Waals surface area contributed by atoms with Crippen LogP contribution in [0.1, 0.15) is 42.1 Å². The van der Waals surface area contributed by atoms with Crippen LogP contribution >= 0.6 is 0 Å². The zero-order valence-corrected chi connectivity index (χ0v) is 16.4. The van der Waals surface area contributed by atoms with Crippen molar-refractivity contribution in [1.29, 1.82) is 0 Å². The molecule has 1 saturated heterocycles. The van der Waals surface area contributed by atoms with Crippen molar-refractivity contribution in [3.63, 3.8) is 0 Å². The molecule has 0 aliphatic carbocycles. The molecule has 0 radical (unpaired) electrons. The van der Waals surface area contributed by atoms with Crippen LogP contribution in [0.15, 0.2) is 48.5 Å². The molecule has 2 aromatic rings. The predicted octanol–water partition coefficient (Wildman–Crippen LogP) is 3.09. The van der Waals surface area contributed by atoms with E-state index in [0.717, 1.165) is 11.3 Å². The number of hydrogen-bond donors (Lipinski definition) is 2. The van der Waals surface area contributed by atoms with E-state index in [9.17, 15) is 14.4 Å². The maximum absolute atomic E-state index is 12.5. The second-order valence-electron chi connectivity index (χ2n) is 7.29. The molecule has 3 rings (SSSR count). The van der Waals surface area contributed by atoms with Crippen molar-refractivity contribution in [3.05, 3.63) is 59.7 Å². The average Bonchev–Trinajstić information content (AvgIpc) is 2.69. The number of imide groups is 1. The maximum atomic E-state index is 12.5. The maximum Gasteiger partial charge on any atom is 0.255 e. The topological polar surface area (TPSA) is 78.5 Å². The van der Waals surface area contributed by atoms with Gasteiger partial charge in [-0.1, -0.05) is 19.1 Å². The van der Waals surface area contributed by atoms with Crippen LogP contribution in [0.3, 0.4) is 0 Å². The van der Waals surface area contributed by atoms with Gasteiger partial charge in [-0.15, -0.1) is 0 Å².